The van der Waals surface area contributed by atoms with Crippen LogP contribution >= 0.6 is 0 Å². The van der Waals surface area contributed by atoms with E-state index >= 15 is 0 Å². The number of nitrogens with one attached hydrogen (secondary N) is 1. The molecule has 1 saturated heterocycles. The van der Waals surface area contributed by atoms with Gasteiger partial charge in [0.2, 0.25) is 0 Å². The van der Waals surface area contributed by atoms with Crippen LogP contribution in [0.25, 0.3) is 0 Å². The fraction of sp³-hybridized carbons (Fsp3) is 0.316. The highest BCUT2D eigenvalue weighted by molar-refractivity contribution is 5.96. The van der Waals surface area contributed by atoms with Crippen molar-refractivity contribution in [1.29, 1.82) is 0 Å². The second-order valence-corrected chi connectivity index (χ2v) is 6.30. The van der Waals surface area contributed by atoms with Crippen LogP contribution in [0.5, 0.6) is 0 Å². The quantitative estimate of drug-likeness (QED) is 0.675. The second-order valence-electron chi connectivity index (χ2n) is 6.30. The summed E-state index contributed by atoms with van der Waals surface area (Å²) in [6.45, 7) is 4.75. The zero-order valence-electron chi connectivity index (χ0n) is 14.9. The van der Waals surface area contributed by atoms with Crippen molar-refractivity contribution in [2.75, 3.05) is 43.4 Å². The van der Waals surface area contributed by atoms with E-state index < -0.39 is 4.92 Å². The molecule has 1 N–H and O–H groups in total. The summed E-state index contributed by atoms with van der Waals surface area (Å²) in [5, 5.41) is 14.0. The number of benzene rings is 2. The van der Waals surface area contributed by atoms with E-state index in [-0.39, 0.29) is 11.6 Å². The van der Waals surface area contributed by atoms with Gasteiger partial charge in [0, 0.05) is 50.5 Å². The molecule has 1 aliphatic heterocycles. The molecule has 0 aliphatic carbocycles. The molecular formula is C19H22N4O3. The number of nitrogens with zero attached hydrogens (tertiary/aromatic N) is 3. The Labute approximate surface area is 152 Å². The number of para-hydroxylation sites is 1. The number of piperazine rings is 1. The van der Waals surface area contributed by atoms with E-state index in [9.17, 15) is 14.9 Å². The molecular weight excluding hydrogens is 332 g/mol. The number of hydrogen-bond donors (Lipinski definition) is 1. The van der Waals surface area contributed by atoms with Crippen molar-refractivity contribution >= 4 is 23.0 Å². The molecule has 0 radical (unpaired) electrons. The van der Waals surface area contributed by atoms with Gasteiger partial charge in [-0.25, -0.2) is 0 Å². The van der Waals surface area contributed by atoms with E-state index in [0.29, 0.717) is 24.3 Å². The summed E-state index contributed by atoms with van der Waals surface area (Å²) in [5.74, 6) is -0.166. The number of carbonyl (C=O) groups is 1. The van der Waals surface area contributed by atoms with Crippen molar-refractivity contribution in [2.24, 2.45) is 0 Å². The van der Waals surface area contributed by atoms with Crippen molar-refractivity contribution in [3.8, 4) is 0 Å². The van der Waals surface area contributed by atoms with Gasteiger partial charge < -0.3 is 15.1 Å². The van der Waals surface area contributed by atoms with Crippen molar-refractivity contribution in [1.82, 2.24) is 4.90 Å². The molecule has 3 rings (SSSR count). The summed E-state index contributed by atoms with van der Waals surface area (Å²) >= 11 is 0. The maximum Gasteiger partial charge on any atom is 0.293 e. The number of aryl methyl sites for hydroxylation is 1. The molecule has 1 aliphatic rings. The molecule has 7 heteroatoms. The fourth-order valence-electron chi connectivity index (χ4n) is 3.28. The highest BCUT2D eigenvalue weighted by atomic mass is 16.6. The molecule has 0 saturated carbocycles. The van der Waals surface area contributed by atoms with Crippen molar-refractivity contribution in [2.45, 2.75) is 6.92 Å². The summed E-state index contributed by atoms with van der Waals surface area (Å²) in [7, 11) is 1.62. The van der Waals surface area contributed by atoms with Crippen molar-refractivity contribution in [3.63, 3.8) is 0 Å². The molecule has 2 aromatic carbocycles. The topological polar surface area (TPSA) is 78.7 Å². The Balaban J connectivity index is 1.72. The monoisotopic (exact) mass is 354 g/mol. The zero-order valence-corrected chi connectivity index (χ0v) is 14.9. The summed E-state index contributed by atoms with van der Waals surface area (Å²) in [6, 6.07) is 12.8. The van der Waals surface area contributed by atoms with Crippen molar-refractivity contribution < 1.29 is 9.72 Å². The maximum absolute atomic E-state index is 12.7. The SMILES string of the molecule is CNc1ccc(C(=O)N2CCN(c3ccccc3C)CC2)cc1[N+](=O)[O-]. The smallest absolute Gasteiger partial charge is 0.293 e. The van der Waals surface area contributed by atoms with Crippen LogP contribution in [0.2, 0.25) is 0 Å². The summed E-state index contributed by atoms with van der Waals surface area (Å²) in [5.41, 5.74) is 3.06. The first-order valence-corrected chi connectivity index (χ1v) is 8.57. The number of anilines is 2. The summed E-state index contributed by atoms with van der Waals surface area (Å²) in [4.78, 5) is 27.5. The van der Waals surface area contributed by atoms with Crippen LogP contribution in [0, 0.1) is 17.0 Å². The summed E-state index contributed by atoms with van der Waals surface area (Å²) < 4.78 is 0. The standard InChI is InChI=1S/C19H22N4O3/c1-14-5-3-4-6-17(14)21-9-11-22(12-10-21)19(24)15-7-8-16(20-2)18(13-15)23(25)26/h3-8,13,20H,9-12H2,1-2H3. The molecule has 0 atom stereocenters. The lowest BCUT2D eigenvalue weighted by atomic mass is 10.1. The average Bonchev–Trinajstić information content (AvgIpc) is 2.67. The highest BCUT2D eigenvalue weighted by Crippen LogP contribution is 2.26. The Kier molecular flexibility index (Phi) is 5.06. The molecule has 1 amide bonds. The zero-order chi connectivity index (χ0) is 18.7. The Morgan fingerprint density at radius 1 is 1.12 bits per heavy atom. The largest absolute Gasteiger partial charge is 0.383 e. The molecule has 0 unspecified atom stereocenters. The predicted molar refractivity (Wildman–Crippen MR) is 102 cm³/mol. The van der Waals surface area contributed by atoms with Gasteiger partial charge in [-0.1, -0.05) is 18.2 Å². The van der Waals surface area contributed by atoms with Gasteiger partial charge in [-0.15, -0.1) is 0 Å². The third-order valence-electron chi connectivity index (χ3n) is 4.73. The van der Waals surface area contributed by atoms with Crippen LogP contribution in [-0.2, 0) is 0 Å². The van der Waals surface area contributed by atoms with Crippen LogP contribution in [0.15, 0.2) is 42.5 Å². The lowest BCUT2D eigenvalue weighted by molar-refractivity contribution is -0.384. The fourth-order valence-corrected chi connectivity index (χ4v) is 3.28. The molecule has 136 valence electrons. The highest BCUT2D eigenvalue weighted by Gasteiger charge is 2.25. The number of hydrogen-bond acceptors (Lipinski definition) is 5. The Hall–Kier alpha value is -3.09. The molecule has 0 bridgehead atoms. The minimum atomic E-state index is -0.473. The van der Waals surface area contributed by atoms with Crippen LogP contribution in [0.4, 0.5) is 17.1 Å². The molecule has 1 fully saturated rings. The number of amides is 1. The Morgan fingerprint density at radius 2 is 1.81 bits per heavy atom. The maximum atomic E-state index is 12.7. The van der Waals surface area contributed by atoms with E-state index in [1.54, 1.807) is 24.1 Å². The minimum Gasteiger partial charge on any atom is -0.383 e. The number of nitro groups is 1. The molecule has 0 spiro atoms. The van der Waals surface area contributed by atoms with Gasteiger partial charge in [-0.3, -0.25) is 14.9 Å². The van der Waals surface area contributed by atoms with Gasteiger partial charge in [-0.2, -0.15) is 0 Å². The van der Waals surface area contributed by atoms with Gasteiger partial charge >= 0.3 is 0 Å². The molecule has 2 aromatic rings. The minimum absolute atomic E-state index is 0.0862. The van der Waals surface area contributed by atoms with Gasteiger partial charge in [0.15, 0.2) is 0 Å². The first-order chi connectivity index (χ1) is 12.5. The third kappa shape index (κ3) is 3.46. The van der Waals surface area contributed by atoms with Crippen LogP contribution in [0.1, 0.15) is 15.9 Å². The van der Waals surface area contributed by atoms with Gasteiger partial charge in [0.05, 0.1) is 4.92 Å². The van der Waals surface area contributed by atoms with E-state index in [2.05, 4.69) is 29.3 Å². The van der Waals surface area contributed by atoms with E-state index in [1.165, 1.54) is 17.3 Å². The third-order valence-corrected chi connectivity index (χ3v) is 4.73. The molecule has 26 heavy (non-hydrogen) atoms. The first-order valence-electron chi connectivity index (χ1n) is 8.57. The van der Waals surface area contributed by atoms with Gasteiger partial charge in [-0.05, 0) is 30.7 Å². The Bertz CT molecular complexity index is 829. The second kappa shape index (κ2) is 7.43. The Morgan fingerprint density at radius 3 is 2.42 bits per heavy atom. The average molecular weight is 354 g/mol. The lowest BCUT2D eigenvalue weighted by Crippen LogP contribution is -2.49. The number of carbonyl (C=O) groups excluding carboxylic acids is 1. The van der Waals surface area contributed by atoms with E-state index in [1.807, 2.05) is 12.1 Å². The predicted octanol–water partition coefficient (Wildman–Crippen LogP) is 2.91. The number of nitro benzene ring substituents is 1. The summed E-state index contributed by atoms with van der Waals surface area (Å²) in [6.07, 6.45) is 0. The lowest BCUT2D eigenvalue weighted by Gasteiger charge is -2.36. The van der Waals surface area contributed by atoms with Crippen molar-refractivity contribution in [3.05, 3.63) is 63.7 Å². The molecule has 1 heterocycles. The number of rotatable bonds is 4. The van der Waals surface area contributed by atoms with E-state index in [0.717, 1.165) is 13.1 Å². The molecule has 0 aromatic heterocycles. The van der Waals surface area contributed by atoms with Crippen LogP contribution in [-0.4, -0.2) is 49.0 Å². The van der Waals surface area contributed by atoms with E-state index in [4.69, 9.17) is 0 Å². The molecule has 7 nitrogen and oxygen atoms in total. The van der Waals surface area contributed by atoms with Gasteiger partial charge in [0.1, 0.15) is 5.69 Å². The van der Waals surface area contributed by atoms with Crippen LogP contribution < -0.4 is 10.2 Å². The van der Waals surface area contributed by atoms with Gasteiger partial charge in [0.25, 0.3) is 11.6 Å². The normalized spacial score (nSPS) is 14.2. The first kappa shape index (κ1) is 17.7. The van der Waals surface area contributed by atoms with Crippen LogP contribution in [0.3, 0.4) is 0 Å².